The third kappa shape index (κ3) is 2.97. The molecule has 0 fully saturated rings. The molecule has 0 amide bonds. The molecule has 0 saturated carbocycles. The van der Waals surface area contributed by atoms with Crippen LogP contribution < -0.4 is 10.1 Å². The van der Waals surface area contributed by atoms with Gasteiger partial charge in [0.25, 0.3) is 0 Å². The predicted molar refractivity (Wildman–Crippen MR) is 62.0 cm³/mol. The van der Waals surface area contributed by atoms with Crippen molar-refractivity contribution in [3.63, 3.8) is 0 Å². The lowest BCUT2D eigenvalue weighted by atomic mass is 10.1. The Morgan fingerprint density at radius 2 is 2.12 bits per heavy atom. The first-order chi connectivity index (χ1) is 7.72. The van der Waals surface area contributed by atoms with E-state index in [1.165, 1.54) is 7.11 Å². The van der Waals surface area contributed by atoms with Crippen LogP contribution in [0.3, 0.4) is 0 Å². The van der Waals surface area contributed by atoms with E-state index in [9.17, 15) is 4.79 Å². The molecule has 0 saturated heterocycles. The molecule has 88 valence electrons. The molecular formula is C12H17NO3. The molecule has 0 aliphatic carbocycles. The van der Waals surface area contributed by atoms with Crippen LogP contribution in [0.1, 0.15) is 15.9 Å². The van der Waals surface area contributed by atoms with Crippen LogP contribution in [0.2, 0.25) is 0 Å². The highest BCUT2D eigenvalue weighted by molar-refractivity contribution is 5.89. The molecule has 1 aromatic carbocycles. The van der Waals surface area contributed by atoms with Gasteiger partial charge in [0.15, 0.2) is 0 Å². The average molecular weight is 223 g/mol. The Balaban J connectivity index is 2.96. The van der Waals surface area contributed by atoms with Crippen LogP contribution in [0.15, 0.2) is 18.2 Å². The second-order valence-corrected chi connectivity index (χ2v) is 3.37. The van der Waals surface area contributed by atoms with Crippen LogP contribution in [-0.2, 0) is 11.2 Å². The summed E-state index contributed by atoms with van der Waals surface area (Å²) in [6.07, 6.45) is 0.810. The molecule has 0 bridgehead atoms. The molecule has 1 aromatic rings. The number of ether oxygens (including phenoxy) is 2. The molecule has 0 aliphatic heterocycles. The van der Waals surface area contributed by atoms with Crippen LogP contribution in [-0.4, -0.2) is 33.8 Å². The molecule has 4 nitrogen and oxygen atoms in total. The van der Waals surface area contributed by atoms with E-state index in [0.29, 0.717) is 5.56 Å². The largest absolute Gasteiger partial charge is 0.496 e. The number of nitrogens with one attached hydrogen (secondary N) is 1. The maximum Gasteiger partial charge on any atom is 0.337 e. The van der Waals surface area contributed by atoms with E-state index in [-0.39, 0.29) is 5.97 Å². The van der Waals surface area contributed by atoms with E-state index in [0.717, 1.165) is 24.3 Å². The molecule has 16 heavy (non-hydrogen) atoms. The molecule has 0 unspecified atom stereocenters. The smallest absolute Gasteiger partial charge is 0.337 e. The third-order valence-corrected chi connectivity index (χ3v) is 2.35. The summed E-state index contributed by atoms with van der Waals surface area (Å²) in [5.41, 5.74) is 1.55. The first kappa shape index (κ1) is 12.5. The number of esters is 1. The van der Waals surface area contributed by atoms with Crippen LogP contribution in [0, 0.1) is 0 Å². The summed E-state index contributed by atoms with van der Waals surface area (Å²) in [6, 6.07) is 5.30. The quantitative estimate of drug-likeness (QED) is 0.763. The lowest BCUT2D eigenvalue weighted by Crippen LogP contribution is -2.11. The molecule has 0 heterocycles. The number of hydrogen-bond donors (Lipinski definition) is 1. The monoisotopic (exact) mass is 223 g/mol. The number of carbonyl (C=O) groups excluding carboxylic acids is 1. The first-order valence-electron chi connectivity index (χ1n) is 5.12. The Morgan fingerprint density at radius 3 is 2.69 bits per heavy atom. The minimum atomic E-state index is -0.326. The summed E-state index contributed by atoms with van der Waals surface area (Å²) in [7, 11) is 4.88. The second-order valence-electron chi connectivity index (χ2n) is 3.37. The summed E-state index contributed by atoms with van der Waals surface area (Å²) in [4.78, 5) is 11.4. The summed E-state index contributed by atoms with van der Waals surface area (Å²) >= 11 is 0. The number of hydrogen-bond acceptors (Lipinski definition) is 4. The number of carbonyl (C=O) groups is 1. The topological polar surface area (TPSA) is 47.6 Å². The second kappa shape index (κ2) is 6.12. The fourth-order valence-electron chi connectivity index (χ4n) is 1.48. The van der Waals surface area contributed by atoms with Crippen molar-refractivity contribution in [1.82, 2.24) is 5.32 Å². The van der Waals surface area contributed by atoms with Crippen molar-refractivity contribution in [1.29, 1.82) is 0 Å². The summed E-state index contributed by atoms with van der Waals surface area (Å²) in [5, 5.41) is 3.06. The minimum absolute atomic E-state index is 0.326. The third-order valence-electron chi connectivity index (χ3n) is 2.35. The maximum atomic E-state index is 11.4. The molecule has 0 atom stereocenters. The lowest BCUT2D eigenvalue weighted by molar-refractivity contribution is 0.0600. The van der Waals surface area contributed by atoms with Gasteiger partial charge in [-0.15, -0.1) is 0 Å². The van der Waals surface area contributed by atoms with Gasteiger partial charge in [-0.2, -0.15) is 0 Å². The lowest BCUT2D eigenvalue weighted by Gasteiger charge is -2.09. The standard InChI is InChI=1S/C12H17NO3/c1-13-7-6-9-8-10(12(14)16-3)4-5-11(9)15-2/h4-5,8,13H,6-7H2,1-3H3. The molecule has 1 N–H and O–H groups in total. The van der Waals surface area contributed by atoms with Gasteiger partial charge >= 0.3 is 5.97 Å². The molecule has 4 heteroatoms. The van der Waals surface area contributed by atoms with Crippen LogP contribution >= 0.6 is 0 Å². The normalized spacial score (nSPS) is 9.94. The number of likely N-dealkylation sites (N-methyl/N-ethyl adjacent to an activating group) is 1. The SMILES string of the molecule is CNCCc1cc(C(=O)OC)ccc1OC. The van der Waals surface area contributed by atoms with Gasteiger partial charge in [-0.1, -0.05) is 0 Å². The van der Waals surface area contributed by atoms with E-state index in [1.807, 2.05) is 13.1 Å². The highest BCUT2D eigenvalue weighted by atomic mass is 16.5. The Bertz CT molecular complexity index is 363. The van der Waals surface area contributed by atoms with Crippen molar-refractivity contribution < 1.29 is 14.3 Å². The molecule has 0 aliphatic rings. The van der Waals surface area contributed by atoms with E-state index >= 15 is 0 Å². The number of rotatable bonds is 5. The van der Waals surface area contributed by atoms with Crippen LogP contribution in [0.5, 0.6) is 5.75 Å². The highest BCUT2D eigenvalue weighted by Crippen LogP contribution is 2.20. The molecule has 0 aromatic heterocycles. The van der Waals surface area contributed by atoms with E-state index in [4.69, 9.17) is 4.74 Å². The highest BCUT2D eigenvalue weighted by Gasteiger charge is 2.09. The molecule has 0 spiro atoms. The van der Waals surface area contributed by atoms with Gasteiger partial charge in [-0.25, -0.2) is 4.79 Å². The number of benzene rings is 1. The van der Waals surface area contributed by atoms with Crippen molar-refractivity contribution in [3.8, 4) is 5.75 Å². The molecule has 1 rings (SSSR count). The predicted octanol–water partition coefficient (Wildman–Crippen LogP) is 1.24. The Morgan fingerprint density at radius 1 is 1.38 bits per heavy atom. The Labute approximate surface area is 95.6 Å². The van der Waals surface area contributed by atoms with E-state index in [2.05, 4.69) is 10.1 Å². The van der Waals surface area contributed by atoms with Crippen molar-refractivity contribution >= 4 is 5.97 Å². The molecule has 0 radical (unpaired) electrons. The average Bonchev–Trinajstić information content (AvgIpc) is 2.34. The zero-order valence-electron chi connectivity index (χ0n) is 9.87. The summed E-state index contributed by atoms with van der Waals surface area (Å²) < 4.78 is 9.90. The summed E-state index contributed by atoms with van der Waals surface area (Å²) in [5.74, 6) is 0.469. The van der Waals surface area contributed by atoms with E-state index in [1.54, 1.807) is 19.2 Å². The van der Waals surface area contributed by atoms with Crippen LogP contribution in [0.25, 0.3) is 0 Å². The fraction of sp³-hybridized carbons (Fsp3) is 0.417. The van der Waals surface area contributed by atoms with Gasteiger partial charge in [-0.3, -0.25) is 0 Å². The zero-order valence-corrected chi connectivity index (χ0v) is 9.87. The van der Waals surface area contributed by atoms with Gasteiger partial charge in [-0.05, 0) is 43.8 Å². The number of methoxy groups -OCH3 is 2. The Hall–Kier alpha value is -1.55. The van der Waals surface area contributed by atoms with Crippen LogP contribution in [0.4, 0.5) is 0 Å². The zero-order chi connectivity index (χ0) is 12.0. The fourth-order valence-corrected chi connectivity index (χ4v) is 1.48. The summed E-state index contributed by atoms with van der Waals surface area (Å²) in [6.45, 7) is 0.834. The van der Waals surface area contributed by atoms with Gasteiger partial charge in [0.05, 0.1) is 19.8 Å². The van der Waals surface area contributed by atoms with Crippen molar-refractivity contribution in [2.45, 2.75) is 6.42 Å². The van der Waals surface area contributed by atoms with Gasteiger partial charge in [0.1, 0.15) is 5.75 Å². The molecular weight excluding hydrogens is 206 g/mol. The van der Waals surface area contributed by atoms with Crippen molar-refractivity contribution in [2.75, 3.05) is 27.8 Å². The van der Waals surface area contributed by atoms with E-state index < -0.39 is 0 Å². The minimum Gasteiger partial charge on any atom is -0.496 e. The van der Waals surface area contributed by atoms with Gasteiger partial charge in [0, 0.05) is 0 Å². The first-order valence-corrected chi connectivity index (χ1v) is 5.12. The maximum absolute atomic E-state index is 11.4. The van der Waals surface area contributed by atoms with Gasteiger partial charge < -0.3 is 14.8 Å². The Kier molecular flexibility index (Phi) is 4.79. The van der Waals surface area contributed by atoms with Gasteiger partial charge in [0.2, 0.25) is 0 Å². The van der Waals surface area contributed by atoms with Crippen molar-refractivity contribution in [2.24, 2.45) is 0 Å². The van der Waals surface area contributed by atoms with Crippen molar-refractivity contribution in [3.05, 3.63) is 29.3 Å².